The molecule has 0 aromatic carbocycles. The molecule has 7 heteroatoms. The summed E-state index contributed by atoms with van der Waals surface area (Å²) in [7, 11) is 0. The van der Waals surface area contributed by atoms with Crippen LogP contribution in [0.4, 0.5) is 4.79 Å². The summed E-state index contributed by atoms with van der Waals surface area (Å²) in [5, 5.41) is 5.88. The van der Waals surface area contributed by atoms with Crippen LogP contribution in [-0.4, -0.2) is 49.1 Å². The third-order valence-electron chi connectivity index (χ3n) is 5.20. The monoisotopic (exact) mass is 360 g/mol. The van der Waals surface area contributed by atoms with Crippen molar-refractivity contribution in [3.8, 4) is 0 Å². The Morgan fingerprint density at radius 1 is 1.25 bits per heavy atom. The molecule has 2 aliphatic rings. The fourth-order valence-electron chi connectivity index (χ4n) is 3.49. The molecule has 1 heterocycles. The molecule has 4 N–H and O–H groups in total. The molecule has 0 radical (unpaired) electrons. The van der Waals surface area contributed by atoms with E-state index >= 15 is 0 Å². The quantitative estimate of drug-likeness (QED) is 0.633. The van der Waals surface area contributed by atoms with E-state index in [2.05, 4.69) is 17.6 Å². The number of halogens is 1. The van der Waals surface area contributed by atoms with Gasteiger partial charge >= 0.3 is 6.03 Å². The summed E-state index contributed by atoms with van der Waals surface area (Å²) < 4.78 is 0. The van der Waals surface area contributed by atoms with Gasteiger partial charge in [-0.05, 0) is 37.6 Å². The first-order chi connectivity index (χ1) is 11.0. The number of urea groups is 1. The van der Waals surface area contributed by atoms with Crippen molar-refractivity contribution >= 4 is 24.3 Å². The van der Waals surface area contributed by atoms with Crippen LogP contribution in [0.15, 0.2) is 0 Å². The van der Waals surface area contributed by atoms with Gasteiger partial charge in [-0.1, -0.05) is 26.2 Å². The SMILES string of the molecule is CC1(CN)CCN(C(=O)CCCNC(=O)NC2CCCCC2)C1.Cl. The Morgan fingerprint density at radius 3 is 2.58 bits per heavy atom. The largest absolute Gasteiger partial charge is 0.342 e. The van der Waals surface area contributed by atoms with Crippen LogP contribution in [0.1, 0.15) is 58.3 Å². The van der Waals surface area contributed by atoms with Crippen LogP contribution in [0.25, 0.3) is 0 Å². The molecule has 2 fully saturated rings. The molecule has 6 nitrogen and oxygen atoms in total. The van der Waals surface area contributed by atoms with Crippen LogP contribution in [0.2, 0.25) is 0 Å². The summed E-state index contributed by atoms with van der Waals surface area (Å²) >= 11 is 0. The molecule has 1 atom stereocenters. The molecule has 140 valence electrons. The summed E-state index contributed by atoms with van der Waals surface area (Å²) in [4.78, 5) is 25.9. The molecule has 0 bridgehead atoms. The summed E-state index contributed by atoms with van der Waals surface area (Å²) in [5.74, 6) is 0.177. The van der Waals surface area contributed by atoms with Crippen molar-refractivity contribution in [2.45, 2.75) is 64.3 Å². The second-order valence-electron chi connectivity index (χ2n) is 7.42. The highest BCUT2D eigenvalue weighted by molar-refractivity contribution is 5.85. The predicted molar refractivity (Wildman–Crippen MR) is 98.2 cm³/mol. The van der Waals surface area contributed by atoms with E-state index in [1.165, 1.54) is 19.3 Å². The molecular formula is C17H33ClN4O2. The number of nitrogens with zero attached hydrogens (tertiary/aromatic N) is 1. The average molecular weight is 361 g/mol. The van der Waals surface area contributed by atoms with E-state index < -0.39 is 0 Å². The molecule has 1 unspecified atom stereocenters. The van der Waals surface area contributed by atoms with Crippen molar-refractivity contribution in [1.29, 1.82) is 0 Å². The normalized spacial score (nSPS) is 24.3. The summed E-state index contributed by atoms with van der Waals surface area (Å²) in [5.41, 5.74) is 5.85. The topological polar surface area (TPSA) is 87.5 Å². The van der Waals surface area contributed by atoms with Gasteiger partial charge in [0.1, 0.15) is 0 Å². The summed E-state index contributed by atoms with van der Waals surface area (Å²) in [6, 6.07) is 0.227. The van der Waals surface area contributed by atoms with Gasteiger partial charge in [-0.25, -0.2) is 4.79 Å². The van der Waals surface area contributed by atoms with Gasteiger partial charge in [0, 0.05) is 32.1 Å². The molecular weight excluding hydrogens is 328 g/mol. The van der Waals surface area contributed by atoms with Crippen LogP contribution in [0, 0.1) is 5.41 Å². The maximum atomic E-state index is 12.2. The van der Waals surface area contributed by atoms with Crippen molar-refractivity contribution in [1.82, 2.24) is 15.5 Å². The standard InChI is InChI=1S/C17H32N4O2.ClH/c1-17(12-18)9-11-21(13-17)15(22)8-5-10-19-16(23)20-14-6-3-2-4-7-14;/h14H,2-13,18H2,1H3,(H2,19,20,23);1H. The van der Waals surface area contributed by atoms with E-state index in [0.29, 0.717) is 32.0 Å². The minimum Gasteiger partial charge on any atom is -0.342 e. The molecule has 2 rings (SSSR count). The van der Waals surface area contributed by atoms with Crippen molar-refractivity contribution in [2.24, 2.45) is 11.1 Å². The molecule has 0 aromatic rings. The first-order valence-electron chi connectivity index (χ1n) is 9.05. The lowest BCUT2D eigenvalue weighted by atomic mass is 9.90. The van der Waals surface area contributed by atoms with Crippen molar-refractivity contribution in [2.75, 3.05) is 26.2 Å². The third-order valence-corrected chi connectivity index (χ3v) is 5.20. The number of nitrogens with one attached hydrogen (secondary N) is 2. The number of carbonyl (C=O) groups is 2. The Labute approximate surface area is 151 Å². The van der Waals surface area contributed by atoms with Gasteiger partial charge < -0.3 is 21.3 Å². The predicted octanol–water partition coefficient (Wildman–Crippen LogP) is 2.02. The molecule has 0 spiro atoms. The lowest BCUT2D eigenvalue weighted by molar-refractivity contribution is -0.130. The van der Waals surface area contributed by atoms with Crippen LogP contribution < -0.4 is 16.4 Å². The van der Waals surface area contributed by atoms with E-state index in [-0.39, 0.29) is 29.8 Å². The zero-order chi connectivity index (χ0) is 16.7. The van der Waals surface area contributed by atoms with Gasteiger partial charge in [0.15, 0.2) is 0 Å². The highest BCUT2D eigenvalue weighted by Crippen LogP contribution is 2.28. The number of rotatable bonds is 6. The van der Waals surface area contributed by atoms with Gasteiger partial charge in [0.2, 0.25) is 5.91 Å². The van der Waals surface area contributed by atoms with Gasteiger partial charge in [-0.3, -0.25) is 4.79 Å². The zero-order valence-corrected chi connectivity index (χ0v) is 15.6. The van der Waals surface area contributed by atoms with Gasteiger partial charge in [-0.2, -0.15) is 0 Å². The molecule has 1 aliphatic carbocycles. The zero-order valence-electron chi connectivity index (χ0n) is 14.8. The molecule has 1 saturated carbocycles. The van der Waals surface area contributed by atoms with E-state index in [0.717, 1.165) is 32.4 Å². The lowest BCUT2D eigenvalue weighted by Crippen LogP contribution is -2.43. The van der Waals surface area contributed by atoms with E-state index in [9.17, 15) is 9.59 Å². The third kappa shape index (κ3) is 6.48. The number of nitrogens with two attached hydrogens (primary N) is 1. The number of hydrogen-bond donors (Lipinski definition) is 3. The van der Waals surface area contributed by atoms with Crippen LogP contribution in [0.3, 0.4) is 0 Å². The Hall–Kier alpha value is -1.01. The van der Waals surface area contributed by atoms with Crippen molar-refractivity contribution < 1.29 is 9.59 Å². The van der Waals surface area contributed by atoms with Gasteiger partial charge in [0.25, 0.3) is 0 Å². The van der Waals surface area contributed by atoms with E-state index in [1.54, 1.807) is 0 Å². The maximum absolute atomic E-state index is 12.2. The number of likely N-dealkylation sites (tertiary alicyclic amines) is 1. The smallest absolute Gasteiger partial charge is 0.315 e. The Kier molecular flexibility index (Phi) is 8.84. The molecule has 1 aliphatic heterocycles. The van der Waals surface area contributed by atoms with Gasteiger partial charge in [-0.15, -0.1) is 12.4 Å². The van der Waals surface area contributed by atoms with Crippen molar-refractivity contribution in [3.05, 3.63) is 0 Å². The number of amides is 3. The molecule has 3 amide bonds. The minimum atomic E-state index is -0.0961. The summed E-state index contributed by atoms with van der Waals surface area (Å²) in [6.07, 6.45) is 8.02. The lowest BCUT2D eigenvalue weighted by Gasteiger charge is -2.23. The Morgan fingerprint density at radius 2 is 1.96 bits per heavy atom. The molecule has 24 heavy (non-hydrogen) atoms. The molecule has 0 aromatic heterocycles. The first kappa shape index (κ1) is 21.0. The average Bonchev–Trinajstić information content (AvgIpc) is 2.96. The highest BCUT2D eigenvalue weighted by Gasteiger charge is 2.34. The summed E-state index contributed by atoms with van der Waals surface area (Å²) in [6.45, 7) is 4.88. The van der Waals surface area contributed by atoms with Gasteiger partial charge in [0.05, 0.1) is 0 Å². The second-order valence-corrected chi connectivity index (χ2v) is 7.42. The fraction of sp³-hybridized carbons (Fsp3) is 0.882. The molecule has 1 saturated heterocycles. The van der Waals surface area contributed by atoms with Crippen LogP contribution in [-0.2, 0) is 4.79 Å². The second kappa shape index (κ2) is 10.1. The van der Waals surface area contributed by atoms with E-state index in [4.69, 9.17) is 5.73 Å². The fourth-order valence-corrected chi connectivity index (χ4v) is 3.49. The number of carbonyl (C=O) groups excluding carboxylic acids is 2. The van der Waals surface area contributed by atoms with Crippen LogP contribution >= 0.6 is 12.4 Å². The minimum absolute atomic E-state index is 0. The number of hydrogen-bond acceptors (Lipinski definition) is 3. The van der Waals surface area contributed by atoms with Crippen LogP contribution in [0.5, 0.6) is 0 Å². The maximum Gasteiger partial charge on any atom is 0.315 e. The van der Waals surface area contributed by atoms with Crippen molar-refractivity contribution in [3.63, 3.8) is 0 Å². The van der Waals surface area contributed by atoms with E-state index in [1.807, 2.05) is 4.90 Å². The Bertz CT molecular complexity index is 415. The Balaban J connectivity index is 0.00000288. The first-order valence-corrected chi connectivity index (χ1v) is 9.05. The highest BCUT2D eigenvalue weighted by atomic mass is 35.5.